The Bertz CT molecular complexity index is 1020. The second-order valence-electron chi connectivity index (χ2n) is 7.54. The van der Waals surface area contributed by atoms with E-state index >= 15 is 0 Å². The summed E-state index contributed by atoms with van der Waals surface area (Å²) in [7, 11) is 0. The number of hydrogen-bond donors (Lipinski definition) is 2. The fourth-order valence-electron chi connectivity index (χ4n) is 3.84. The van der Waals surface area contributed by atoms with Gasteiger partial charge in [0, 0.05) is 37.3 Å². The molecule has 0 unspecified atom stereocenters. The molecule has 2 aromatic heterocycles. The molecule has 5 rings (SSSR count). The summed E-state index contributed by atoms with van der Waals surface area (Å²) < 4.78 is 2.05. The first kappa shape index (κ1) is 17.0. The van der Waals surface area contributed by atoms with Gasteiger partial charge in [0.2, 0.25) is 11.6 Å². The van der Waals surface area contributed by atoms with Gasteiger partial charge in [-0.25, -0.2) is 4.98 Å². The highest BCUT2D eigenvalue weighted by Gasteiger charge is 2.31. The molecule has 2 aliphatic rings. The number of aromatic nitrogens is 4. The Hall–Kier alpha value is -3.16. The lowest BCUT2D eigenvalue weighted by atomic mass is 9.95. The van der Waals surface area contributed by atoms with E-state index in [0.717, 1.165) is 43.2 Å². The third-order valence-electron chi connectivity index (χ3n) is 5.60. The summed E-state index contributed by atoms with van der Waals surface area (Å²) in [6.07, 6.45) is 7.54. The second-order valence-corrected chi connectivity index (χ2v) is 7.54. The van der Waals surface area contributed by atoms with E-state index in [2.05, 4.69) is 29.8 Å². The average Bonchev–Trinajstić information content (AvgIpc) is 3.48. The largest absolute Gasteiger partial charge is 0.506 e. The first-order valence-electron chi connectivity index (χ1n) is 9.74. The summed E-state index contributed by atoms with van der Waals surface area (Å²) in [5.41, 5.74) is 1.25. The van der Waals surface area contributed by atoms with E-state index in [4.69, 9.17) is 0 Å². The molecule has 1 saturated heterocycles. The molecule has 2 fully saturated rings. The molecule has 1 aromatic carbocycles. The molecule has 2 N–H and O–H groups in total. The van der Waals surface area contributed by atoms with Gasteiger partial charge in [0.1, 0.15) is 11.6 Å². The number of amides is 1. The number of carbonyl (C=O) groups excluding carboxylic acids is 1. The summed E-state index contributed by atoms with van der Waals surface area (Å²) in [5.74, 6) is 2.33. The van der Waals surface area contributed by atoms with Crippen molar-refractivity contribution in [3.8, 4) is 5.75 Å². The Morgan fingerprint density at radius 3 is 2.64 bits per heavy atom. The van der Waals surface area contributed by atoms with Gasteiger partial charge in [-0.1, -0.05) is 12.1 Å². The number of phenolic OH excluding ortho intramolecular Hbond substituents is 1. The van der Waals surface area contributed by atoms with Crippen LogP contribution >= 0.6 is 0 Å². The highest BCUT2D eigenvalue weighted by Crippen LogP contribution is 2.39. The zero-order chi connectivity index (χ0) is 19.1. The van der Waals surface area contributed by atoms with E-state index in [0.29, 0.717) is 11.6 Å². The van der Waals surface area contributed by atoms with Gasteiger partial charge in [0.25, 0.3) is 0 Å². The third-order valence-corrected chi connectivity index (χ3v) is 5.60. The molecular weight excluding hydrogens is 356 g/mol. The van der Waals surface area contributed by atoms with Crippen molar-refractivity contribution in [3.63, 3.8) is 0 Å². The molecule has 8 heteroatoms. The van der Waals surface area contributed by atoms with Crippen LogP contribution in [-0.2, 0) is 4.79 Å². The Balaban J connectivity index is 1.28. The van der Waals surface area contributed by atoms with Crippen LogP contribution in [0, 0.1) is 5.92 Å². The maximum absolute atomic E-state index is 12.6. The van der Waals surface area contributed by atoms with Crippen LogP contribution in [0.15, 0.2) is 36.7 Å². The number of anilines is 2. The van der Waals surface area contributed by atoms with E-state index in [1.165, 1.54) is 12.8 Å². The lowest BCUT2D eigenvalue weighted by molar-refractivity contribution is -0.120. The van der Waals surface area contributed by atoms with Crippen LogP contribution in [0.5, 0.6) is 5.75 Å². The molecule has 0 atom stereocenters. The van der Waals surface area contributed by atoms with E-state index in [-0.39, 0.29) is 17.6 Å². The van der Waals surface area contributed by atoms with Crippen LogP contribution in [0.3, 0.4) is 0 Å². The molecule has 0 spiro atoms. The number of aromatic hydroxyl groups is 1. The molecule has 28 heavy (non-hydrogen) atoms. The van der Waals surface area contributed by atoms with Crippen LogP contribution in [-0.4, -0.2) is 43.7 Å². The minimum atomic E-state index is -0.0875. The van der Waals surface area contributed by atoms with Gasteiger partial charge in [-0.3, -0.25) is 9.20 Å². The summed E-state index contributed by atoms with van der Waals surface area (Å²) >= 11 is 0. The minimum Gasteiger partial charge on any atom is -0.506 e. The molecule has 1 aliphatic carbocycles. The Kier molecular flexibility index (Phi) is 4.11. The van der Waals surface area contributed by atoms with Crippen LogP contribution < -0.4 is 10.2 Å². The first-order chi connectivity index (χ1) is 13.7. The van der Waals surface area contributed by atoms with Gasteiger partial charge in [-0.2, -0.15) is 0 Å². The second kappa shape index (κ2) is 6.78. The van der Waals surface area contributed by atoms with Gasteiger partial charge in [-0.15, -0.1) is 10.2 Å². The number of rotatable bonds is 4. The first-order valence-corrected chi connectivity index (χ1v) is 9.74. The standard InChI is InChI=1S/C20H22N6O2/c27-16-4-2-1-3-15(16)22-20(28)14-7-10-25(11-8-14)18-19-24-23-17(13-5-6-13)26(19)12-9-21-18/h1-4,9,12-14,27H,5-8,10-11H2,(H,22,28). The van der Waals surface area contributed by atoms with Crippen molar-refractivity contribution >= 4 is 23.1 Å². The van der Waals surface area contributed by atoms with Gasteiger partial charge < -0.3 is 15.3 Å². The van der Waals surface area contributed by atoms with E-state index in [9.17, 15) is 9.90 Å². The summed E-state index contributed by atoms with van der Waals surface area (Å²) in [4.78, 5) is 19.3. The highest BCUT2D eigenvalue weighted by molar-refractivity contribution is 5.94. The normalized spacial score (nSPS) is 17.8. The number of para-hydroxylation sites is 2. The molecule has 1 amide bonds. The predicted molar refractivity (Wildman–Crippen MR) is 104 cm³/mol. The molecular formula is C20H22N6O2. The molecule has 8 nitrogen and oxygen atoms in total. The number of hydrogen-bond acceptors (Lipinski definition) is 6. The monoisotopic (exact) mass is 378 g/mol. The lowest BCUT2D eigenvalue weighted by Gasteiger charge is -2.32. The van der Waals surface area contributed by atoms with Crippen molar-refractivity contribution in [2.75, 3.05) is 23.3 Å². The maximum atomic E-state index is 12.6. The number of nitrogens with one attached hydrogen (secondary N) is 1. The minimum absolute atomic E-state index is 0.0502. The van der Waals surface area contributed by atoms with Crippen LogP contribution in [0.1, 0.15) is 37.4 Å². The fourth-order valence-corrected chi connectivity index (χ4v) is 3.84. The lowest BCUT2D eigenvalue weighted by Crippen LogP contribution is -2.38. The topological polar surface area (TPSA) is 95.7 Å². The van der Waals surface area contributed by atoms with Crippen molar-refractivity contribution in [3.05, 3.63) is 42.5 Å². The smallest absolute Gasteiger partial charge is 0.227 e. The number of nitrogens with zero attached hydrogens (tertiary/aromatic N) is 5. The van der Waals surface area contributed by atoms with Gasteiger partial charge >= 0.3 is 0 Å². The predicted octanol–water partition coefficient (Wildman–Crippen LogP) is 2.56. The molecule has 1 aliphatic heterocycles. The van der Waals surface area contributed by atoms with E-state index in [1.807, 2.05) is 6.20 Å². The third kappa shape index (κ3) is 3.04. The quantitative estimate of drug-likeness (QED) is 0.678. The molecule has 144 valence electrons. The van der Waals surface area contributed by atoms with E-state index in [1.54, 1.807) is 30.5 Å². The number of piperidine rings is 1. The van der Waals surface area contributed by atoms with Crippen molar-refractivity contribution in [1.29, 1.82) is 0 Å². The molecule has 0 bridgehead atoms. The van der Waals surface area contributed by atoms with Crippen LogP contribution in [0.25, 0.3) is 5.65 Å². The van der Waals surface area contributed by atoms with Gasteiger partial charge in [0.05, 0.1) is 5.69 Å². The molecule has 0 radical (unpaired) electrons. The van der Waals surface area contributed by atoms with Gasteiger partial charge in [-0.05, 0) is 37.8 Å². The van der Waals surface area contributed by atoms with Crippen molar-refractivity contribution in [2.45, 2.75) is 31.6 Å². The van der Waals surface area contributed by atoms with Crippen LogP contribution in [0.2, 0.25) is 0 Å². The summed E-state index contributed by atoms with van der Waals surface area (Å²) in [6, 6.07) is 6.80. The van der Waals surface area contributed by atoms with Crippen molar-refractivity contribution < 1.29 is 9.90 Å². The SMILES string of the molecule is O=C(Nc1ccccc1O)C1CCN(c2nccn3c(C4CC4)nnc23)CC1. The molecule has 1 saturated carbocycles. The van der Waals surface area contributed by atoms with Crippen LogP contribution in [0.4, 0.5) is 11.5 Å². The molecule has 3 heterocycles. The Morgan fingerprint density at radius 2 is 1.89 bits per heavy atom. The number of phenols is 1. The van der Waals surface area contributed by atoms with E-state index < -0.39 is 0 Å². The number of fused-ring (bicyclic) bond motifs is 1. The average molecular weight is 378 g/mol. The Labute approximate surface area is 162 Å². The highest BCUT2D eigenvalue weighted by atomic mass is 16.3. The maximum Gasteiger partial charge on any atom is 0.227 e. The summed E-state index contributed by atoms with van der Waals surface area (Å²) in [5, 5.41) is 21.4. The zero-order valence-electron chi connectivity index (χ0n) is 15.5. The van der Waals surface area contributed by atoms with Crippen molar-refractivity contribution in [1.82, 2.24) is 19.6 Å². The number of benzene rings is 1. The van der Waals surface area contributed by atoms with Gasteiger partial charge in [0.15, 0.2) is 5.82 Å². The summed E-state index contributed by atoms with van der Waals surface area (Å²) in [6.45, 7) is 1.47. The Morgan fingerprint density at radius 1 is 1.11 bits per heavy atom. The molecule has 3 aromatic rings. The van der Waals surface area contributed by atoms with Crippen molar-refractivity contribution in [2.24, 2.45) is 5.92 Å². The fraction of sp³-hybridized carbons (Fsp3) is 0.400. The zero-order valence-corrected chi connectivity index (χ0v) is 15.5. The number of carbonyl (C=O) groups is 1.